The lowest BCUT2D eigenvalue weighted by Gasteiger charge is -2.16. The molecule has 0 N–H and O–H groups in total. The zero-order valence-electron chi connectivity index (χ0n) is 33.9. The summed E-state index contributed by atoms with van der Waals surface area (Å²) in [6, 6.07) is 75.5. The van der Waals surface area contributed by atoms with Crippen LogP contribution in [-0.2, 0) is 0 Å². The zero-order valence-corrected chi connectivity index (χ0v) is 34.7. The van der Waals surface area contributed by atoms with Gasteiger partial charge in [-0.25, -0.2) is 4.98 Å². The van der Waals surface area contributed by atoms with Gasteiger partial charge in [-0.2, -0.15) is 9.97 Å². The van der Waals surface area contributed by atoms with E-state index in [2.05, 4.69) is 215 Å². The van der Waals surface area contributed by atoms with Crippen molar-refractivity contribution in [2.75, 3.05) is 0 Å². The van der Waals surface area contributed by atoms with E-state index in [0.717, 1.165) is 60.9 Å². The highest BCUT2D eigenvalue weighted by Crippen LogP contribution is 2.45. The van der Waals surface area contributed by atoms with Crippen LogP contribution in [0.5, 0.6) is 0 Å². The molecule has 0 aliphatic rings. The van der Waals surface area contributed by atoms with E-state index in [9.17, 15) is 0 Å². The molecule has 0 unspecified atom stereocenters. The number of rotatable bonds is 6. The van der Waals surface area contributed by atoms with E-state index in [1.807, 2.05) is 17.4 Å². The van der Waals surface area contributed by atoms with Crippen molar-refractivity contribution in [1.29, 1.82) is 0 Å². The van der Waals surface area contributed by atoms with Crippen molar-refractivity contribution in [3.63, 3.8) is 0 Å². The van der Waals surface area contributed by atoms with E-state index >= 15 is 0 Å². The lowest BCUT2D eigenvalue weighted by Crippen LogP contribution is -2.07. The maximum absolute atomic E-state index is 5.48. The summed E-state index contributed by atoms with van der Waals surface area (Å²) in [7, 11) is 0. The molecule has 0 spiro atoms. The summed E-state index contributed by atoms with van der Waals surface area (Å²) in [4.78, 5) is 16.3. The van der Waals surface area contributed by atoms with Crippen LogP contribution in [0.4, 0.5) is 0 Å². The second kappa shape index (κ2) is 14.2. The van der Waals surface area contributed by atoms with E-state index in [1.54, 1.807) is 0 Å². The molecule has 6 heteroatoms. The van der Waals surface area contributed by atoms with E-state index < -0.39 is 0 Å². The van der Waals surface area contributed by atoms with Crippen LogP contribution in [0.25, 0.3) is 120 Å². The van der Waals surface area contributed by atoms with Crippen LogP contribution in [0.15, 0.2) is 212 Å². The van der Waals surface area contributed by atoms with Crippen LogP contribution in [0.2, 0.25) is 0 Å². The van der Waals surface area contributed by atoms with Crippen LogP contribution in [0, 0.1) is 0 Å². The summed E-state index contributed by atoms with van der Waals surface area (Å²) in [5.74, 6) is 1.78. The molecule has 0 radical (unpaired) electrons. The summed E-state index contributed by atoms with van der Waals surface area (Å²) in [6.07, 6.45) is 0. The monoisotopic (exact) mass is 821 g/mol. The lowest BCUT2D eigenvalue weighted by atomic mass is 9.96. The molecule has 9 aromatic carbocycles. The molecule has 0 saturated carbocycles. The minimum absolute atomic E-state index is 0.566. The molecule has 0 fully saturated rings. The minimum atomic E-state index is 0.566. The number of para-hydroxylation sites is 4. The fourth-order valence-electron chi connectivity index (χ4n) is 9.65. The van der Waals surface area contributed by atoms with E-state index in [-0.39, 0.29) is 0 Å². The normalized spacial score (nSPS) is 11.8. The third-order valence-electron chi connectivity index (χ3n) is 12.4. The predicted octanol–water partition coefficient (Wildman–Crippen LogP) is 15.1. The Morgan fingerprint density at radius 1 is 0.317 bits per heavy atom. The molecule has 0 bridgehead atoms. The van der Waals surface area contributed by atoms with Gasteiger partial charge in [0.25, 0.3) is 0 Å². The van der Waals surface area contributed by atoms with Crippen molar-refractivity contribution >= 4 is 75.1 Å². The topological polar surface area (TPSA) is 48.5 Å². The number of benzene rings is 9. The average molecular weight is 822 g/mol. The van der Waals surface area contributed by atoms with Crippen LogP contribution in [-0.4, -0.2) is 24.1 Å². The molecule has 0 aliphatic carbocycles. The molecule has 0 atom stereocenters. The van der Waals surface area contributed by atoms with Crippen molar-refractivity contribution in [2.45, 2.75) is 0 Å². The first kappa shape index (κ1) is 35.6. The smallest absolute Gasteiger partial charge is 0.238 e. The van der Waals surface area contributed by atoms with Crippen molar-refractivity contribution < 1.29 is 0 Å². The van der Waals surface area contributed by atoms with Gasteiger partial charge in [-0.15, -0.1) is 11.3 Å². The third-order valence-corrected chi connectivity index (χ3v) is 13.6. The Balaban J connectivity index is 1.11. The molecular formula is C57H35N5S. The first-order valence-corrected chi connectivity index (χ1v) is 22.0. The molecule has 13 rings (SSSR count). The minimum Gasteiger partial charge on any atom is -0.309 e. The molecule has 13 aromatic rings. The largest absolute Gasteiger partial charge is 0.309 e. The summed E-state index contributed by atoms with van der Waals surface area (Å²) in [5, 5.41) is 7.23. The summed E-state index contributed by atoms with van der Waals surface area (Å²) in [6.45, 7) is 0. The van der Waals surface area contributed by atoms with Gasteiger partial charge < -0.3 is 4.57 Å². The van der Waals surface area contributed by atoms with Gasteiger partial charge in [0.1, 0.15) is 0 Å². The molecule has 4 aromatic heterocycles. The average Bonchev–Trinajstić information content (AvgIpc) is 4.02. The molecule has 0 aliphatic heterocycles. The van der Waals surface area contributed by atoms with Gasteiger partial charge >= 0.3 is 0 Å². The molecular weight excluding hydrogens is 787 g/mol. The number of fused-ring (bicyclic) bond motifs is 9. The summed E-state index contributed by atoms with van der Waals surface area (Å²) in [5.41, 5.74) is 11.7. The maximum Gasteiger partial charge on any atom is 0.238 e. The molecule has 63 heavy (non-hydrogen) atoms. The highest BCUT2D eigenvalue weighted by molar-refractivity contribution is 7.26. The molecule has 0 amide bonds. The second-order valence-electron chi connectivity index (χ2n) is 15.9. The van der Waals surface area contributed by atoms with Crippen LogP contribution >= 0.6 is 11.3 Å². The quantitative estimate of drug-likeness (QED) is 0.168. The van der Waals surface area contributed by atoms with Gasteiger partial charge in [0, 0.05) is 64.1 Å². The SMILES string of the molecule is c1ccc(-c2ccccc2-c2nc(-c3ccccc3-c3cc(-n4c5ccccc5c5ccccc54)cc4c3sc3ccccc34)nc(-n3c4ccccc4c4ccccc43)n2)cc1. The van der Waals surface area contributed by atoms with Crippen LogP contribution in [0.1, 0.15) is 0 Å². The number of nitrogens with zero attached hydrogens (tertiary/aromatic N) is 5. The number of hydrogen-bond donors (Lipinski definition) is 0. The van der Waals surface area contributed by atoms with Gasteiger partial charge in [0.2, 0.25) is 5.95 Å². The Bertz CT molecular complexity index is 3820. The van der Waals surface area contributed by atoms with Crippen LogP contribution < -0.4 is 0 Å². The number of aromatic nitrogens is 5. The van der Waals surface area contributed by atoms with Gasteiger partial charge in [0.15, 0.2) is 11.6 Å². The molecule has 294 valence electrons. The number of hydrogen-bond acceptors (Lipinski definition) is 4. The molecule has 0 saturated heterocycles. The van der Waals surface area contributed by atoms with Gasteiger partial charge in [0.05, 0.1) is 22.1 Å². The van der Waals surface area contributed by atoms with Crippen molar-refractivity contribution in [2.24, 2.45) is 0 Å². The highest BCUT2D eigenvalue weighted by Gasteiger charge is 2.23. The number of thiophene rings is 1. The zero-order chi connectivity index (χ0) is 41.4. The lowest BCUT2D eigenvalue weighted by molar-refractivity contribution is 0.954. The summed E-state index contributed by atoms with van der Waals surface area (Å²) >= 11 is 1.84. The fraction of sp³-hybridized carbons (Fsp3) is 0. The summed E-state index contributed by atoms with van der Waals surface area (Å²) < 4.78 is 7.09. The Hall–Kier alpha value is -8.19. The predicted molar refractivity (Wildman–Crippen MR) is 263 cm³/mol. The van der Waals surface area contributed by atoms with E-state index in [0.29, 0.717) is 17.6 Å². The third kappa shape index (κ3) is 5.59. The highest BCUT2D eigenvalue weighted by atomic mass is 32.1. The Morgan fingerprint density at radius 3 is 1.35 bits per heavy atom. The molecule has 4 heterocycles. The van der Waals surface area contributed by atoms with Gasteiger partial charge in [-0.3, -0.25) is 4.57 Å². The Kier molecular flexibility index (Phi) is 8.01. The standard InChI is InChI=1S/C57H35N5S/c1-2-18-36(19-3-1)38-20-4-6-27-45(38)55-58-56(60-57(59-55)62-51-31-15-10-24-42(51)43-25-11-16-32-52(43)62)46-28-7-5-21-39(46)47-34-37(35-48-44-26-12-17-33-53(44)63-54(47)48)61-49-29-13-8-22-40(49)41-23-9-14-30-50(41)61/h1-35H. The first-order chi connectivity index (χ1) is 31.3. The van der Waals surface area contributed by atoms with Crippen molar-refractivity contribution in [3.8, 4) is 56.7 Å². The van der Waals surface area contributed by atoms with E-state index in [4.69, 9.17) is 15.0 Å². The fourth-order valence-corrected chi connectivity index (χ4v) is 10.9. The van der Waals surface area contributed by atoms with Crippen molar-refractivity contribution in [1.82, 2.24) is 24.1 Å². The van der Waals surface area contributed by atoms with Gasteiger partial charge in [-0.05, 0) is 59.2 Å². The Morgan fingerprint density at radius 2 is 0.762 bits per heavy atom. The Labute approximate surface area is 366 Å². The second-order valence-corrected chi connectivity index (χ2v) is 17.0. The van der Waals surface area contributed by atoms with Crippen molar-refractivity contribution in [3.05, 3.63) is 212 Å². The first-order valence-electron chi connectivity index (χ1n) is 21.2. The molecule has 5 nitrogen and oxygen atoms in total. The van der Waals surface area contributed by atoms with E-state index in [1.165, 1.54) is 42.0 Å². The maximum atomic E-state index is 5.48. The van der Waals surface area contributed by atoms with Crippen LogP contribution in [0.3, 0.4) is 0 Å². The van der Waals surface area contributed by atoms with Gasteiger partial charge in [-0.1, -0.05) is 170 Å².